The Kier molecular flexibility index (Phi) is 4.34. The zero-order valence-corrected chi connectivity index (χ0v) is 10.4. The van der Waals surface area contributed by atoms with Crippen LogP contribution in [0.3, 0.4) is 0 Å². The molecule has 3 heteroatoms. The Morgan fingerprint density at radius 1 is 1.00 bits per heavy atom. The number of phenolic OH excluding ortho intramolecular Hbond substituents is 1. The third kappa shape index (κ3) is 3.32. The van der Waals surface area contributed by atoms with Gasteiger partial charge in [0.15, 0.2) is 0 Å². The van der Waals surface area contributed by atoms with E-state index in [1.165, 1.54) is 5.56 Å². The van der Waals surface area contributed by atoms with E-state index in [-0.39, 0.29) is 6.17 Å². The van der Waals surface area contributed by atoms with Crippen molar-refractivity contribution in [1.29, 1.82) is 0 Å². The van der Waals surface area contributed by atoms with Gasteiger partial charge in [-0.2, -0.15) is 0 Å². The fourth-order valence-electron chi connectivity index (χ4n) is 1.87. The standard InChI is InChI=1S/C15H18N2O/c1-16-15(13-5-3-2-4-6-13)17-11-12-7-9-14(18)10-8-12/h2-10,15-18H,11H2,1H3. The summed E-state index contributed by atoms with van der Waals surface area (Å²) in [6, 6.07) is 17.5. The molecule has 2 aromatic rings. The first-order chi connectivity index (χ1) is 8.79. The minimum atomic E-state index is 0.125. The lowest BCUT2D eigenvalue weighted by Gasteiger charge is -2.18. The van der Waals surface area contributed by atoms with E-state index < -0.39 is 0 Å². The number of rotatable bonds is 5. The molecule has 0 bridgehead atoms. The molecule has 0 aliphatic rings. The third-order valence-electron chi connectivity index (χ3n) is 2.87. The van der Waals surface area contributed by atoms with Gasteiger partial charge in [-0.1, -0.05) is 42.5 Å². The Hall–Kier alpha value is -1.84. The third-order valence-corrected chi connectivity index (χ3v) is 2.87. The molecule has 0 saturated heterocycles. The second-order valence-corrected chi connectivity index (χ2v) is 4.18. The maximum absolute atomic E-state index is 9.23. The fourth-order valence-corrected chi connectivity index (χ4v) is 1.87. The van der Waals surface area contributed by atoms with Crippen molar-refractivity contribution in [3.05, 3.63) is 65.7 Å². The van der Waals surface area contributed by atoms with Gasteiger partial charge in [-0.3, -0.25) is 5.32 Å². The van der Waals surface area contributed by atoms with Crippen LogP contribution in [0, 0.1) is 0 Å². The van der Waals surface area contributed by atoms with Gasteiger partial charge in [0, 0.05) is 6.54 Å². The van der Waals surface area contributed by atoms with E-state index >= 15 is 0 Å². The molecule has 0 aliphatic carbocycles. The summed E-state index contributed by atoms with van der Waals surface area (Å²) >= 11 is 0. The summed E-state index contributed by atoms with van der Waals surface area (Å²) in [5.74, 6) is 0.298. The number of phenols is 1. The van der Waals surface area contributed by atoms with Crippen LogP contribution in [0.15, 0.2) is 54.6 Å². The fraction of sp³-hybridized carbons (Fsp3) is 0.200. The van der Waals surface area contributed by atoms with Crippen molar-refractivity contribution in [2.24, 2.45) is 0 Å². The molecule has 1 atom stereocenters. The molecule has 2 rings (SSSR count). The number of aromatic hydroxyl groups is 1. The largest absolute Gasteiger partial charge is 0.508 e. The van der Waals surface area contributed by atoms with Crippen LogP contribution in [-0.2, 0) is 6.54 Å². The molecule has 0 heterocycles. The minimum absolute atomic E-state index is 0.125. The van der Waals surface area contributed by atoms with Crippen molar-refractivity contribution in [1.82, 2.24) is 10.6 Å². The molecule has 0 spiro atoms. The normalized spacial score (nSPS) is 12.3. The van der Waals surface area contributed by atoms with Gasteiger partial charge in [0.1, 0.15) is 5.75 Å². The van der Waals surface area contributed by atoms with E-state index in [0.29, 0.717) is 5.75 Å². The summed E-state index contributed by atoms with van der Waals surface area (Å²) < 4.78 is 0. The van der Waals surface area contributed by atoms with Gasteiger partial charge in [-0.05, 0) is 30.3 Å². The minimum Gasteiger partial charge on any atom is -0.508 e. The molecule has 0 radical (unpaired) electrons. The lowest BCUT2D eigenvalue weighted by Crippen LogP contribution is -2.31. The van der Waals surface area contributed by atoms with Gasteiger partial charge in [-0.15, -0.1) is 0 Å². The van der Waals surface area contributed by atoms with Crippen LogP contribution < -0.4 is 10.6 Å². The predicted octanol–water partition coefficient (Wildman–Crippen LogP) is 2.40. The zero-order chi connectivity index (χ0) is 12.8. The Morgan fingerprint density at radius 2 is 1.67 bits per heavy atom. The van der Waals surface area contributed by atoms with E-state index in [0.717, 1.165) is 12.1 Å². The molecule has 0 fully saturated rings. The molecular formula is C15H18N2O. The van der Waals surface area contributed by atoms with Crippen LogP contribution in [-0.4, -0.2) is 12.2 Å². The Bertz CT molecular complexity index is 468. The molecule has 2 aromatic carbocycles. The van der Waals surface area contributed by atoms with Gasteiger partial charge in [-0.25, -0.2) is 0 Å². The van der Waals surface area contributed by atoms with Crippen LogP contribution in [0.5, 0.6) is 5.75 Å². The maximum Gasteiger partial charge on any atom is 0.115 e. The molecule has 0 saturated carbocycles. The van der Waals surface area contributed by atoms with Crippen LogP contribution in [0.25, 0.3) is 0 Å². The van der Waals surface area contributed by atoms with Crippen molar-refractivity contribution in [2.45, 2.75) is 12.7 Å². The van der Waals surface area contributed by atoms with E-state index in [4.69, 9.17) is 0 Å². The van der Waals surface area contributed by atoms with E-state index in [1.54, 1.807) is 12.1 Å². The summed E-state index contributed by atoms with van der Waals surface area (Å²) in [6.07, 6.45) is 0.125. The topological polar surface area (TPSA) is 44.3 Å². The van der Waals surface area contributed by atoms with Gasteiger partial charge in [0.2, 0.25) is 0 Å². The van der Waals surface area contributed by atoms with Crippen LogP contribution in [0.4, 0.5) is 0 Å². The monoisotopic (exact) mass is 242 g/mol. The van der Waals surface area contributed by atoms with Crippen LogP contribution >= 0.6 is 0 Å². The SMILES string of the molecule is CNC(NCc1ccc(O)cc1)c1ccccc1. The molecule has 3 N–H and O–H groups in total. The second kappa shape index (κ2) is 6.19. The second-order valence-electron chi connectivity index (χ2n) is 4.18. The van der Waals surface area contributed by atoms with Gasteiger partial charge >= 0.3 is 0 Å². The lowest BCUT2D eigenvalue weighted by molar-refractivity contribution is 0.468. The van der Waals surface area contributed by atoms with E-state index in [2.05, 4.69) is 22.8 Å². The van der Waals surface area contributed by atoms with Gasteiger partial charge in [0.25, 0.3) is 0 Å². The molecule has 0 aliphatic heterocycles. The maximum atomic E-state index is 9.23. The molecule has 0 aromatic heterocycles. The quantitative estimate of drug-likeness (QED) is 0.705. The number of nitrogens with one attached hydrogen (secondary N) is 2. The molecule has 18 heavy (non-hydrogen) atoms. The Morgan fingerprint density at radius 3 is 2.28 bits per heavy atom. The van der Waals surface area contributed by atoms with Gasteiger partial charge < -0.3 is 10.4 Å². The van der Waals surface area contributed by atoms with Crippen LogP contribution in [0.1, 0.15) is 17.3 Å². The summed E-state index contributed by atoms with van der Waals surface area (Å²) in [5, 5.41) is 15.9. The predicted molar refractivity (Wildman–Crippen MR) is 73.2 cm³/mol. The highest BCUT2D eigenvalue weighted by Crippen LogP contribution is 2.12. The number of hydrogen-bond acceptors (Lipinski definition) is 3. The first kappa shape index (κ1) is 12.6. The molecule has 3 nitrogen and oxygen atoms in total. The molecule has 0 amide bonds. The Balaban J connectivity index is 1.97. The first-order valence-corrected chi connectivity index (χ1v) is 6.03. The smallest absolute Gasteiger partial charge is 0.115 e. The van der Waals surface area contributed by atoms with E-state index in [9.17, 15) is 5.11 Å². The Labute approximate surface area is 107 Å². The summed E-state index contributed by atoms with van der Waals surface area (Å²) in [7, 11) is 1.93. The summed E-state index contributed by atoms with van der Waals surface area (Å²) in [5.41, 5.74) is 2.35. The van der Waals surface area contributed by atoms with Crippen LogP contribution in [0.2, 0.25) is 0 Å². The average molecular weight is 242 g/mol. The number of hydrogen-bond donors (Lipinski definition) is 3. The van der Waals surface area contributed by atoms with Crippen molar-refractivity contribution >= 4 is 0 Å². The lowest BCUT2D eigenvalue weighted by atomic mass is 10.1. The van der Waals surface area contributed by atoms with Gasteiger partial charge in [0.05, 0.1) is 6.17 Å². The molecule has 1 unspecified atom stereocenters. The van der Waals surface area contributed by atoms with Crippen molar-refractivity contribution in [2.75, 3.05) is 7.05 Å². The highest BCUT2D eigenvalue weighted by Gasteiger charge is 2.07. The van der Waals surface area contributed by atoms with Crippen molar-refractivity contribution < 1.29 is 5.11 Å². The summed E-state index contributed by atoms with van der Waals surface area (Å²) in [4.78, 5) is 0. The highest BCUT2D eigenvalue weighted by molar-refractivity contribution is 5.26. The highest BCUT2D eigenvalue weighted by atomic mass is 16.3. The molecule has 94 valence electrons. The molecular weight excluding hydrogens is 224 g/mol. The number of benzene rings is 2. The average Bonchev–Trinajstić information content (AvgIpc) is 2.43. The first-order valence-electron chi connectivity index (χ1n) is 6.03. The summed E-state index contributed by atoms with van der Waals surface area (Å²) in [6.45, 7) is 0.751. The van der Waals surface area contributed by atoms with Crippen molar-refractivity contribution in [3.63, 3.8) is 0 Å². The van der Waals surface area contributed by atoms with Crippen molar-refractivity contribution in [3.8, 4) is 5.75 Å². The van der Waals surface area contributed by atoms with E-state index in [1.807, 2.05) is 37.4 Å². The zero-order valence-electron chi connectivity index (χ0n) is 10.4.